The standard InChI is InChI=1S/C17H21NO6/c1-22-11-17(16(20)21)4-5-18(10-17)15(19)9-12-2-3-13-14(8-12)24-7-6-23-13/h2-3,8H,4-7,9-11H2,1H3,(H,20,21)/t17-/m1/s1. The van der Waals surface area contributed by atoms with E-state index in [1.165, 1.54) is 7.11 Å². The number of carboxylic acids is 1. The molecule has 0 spiro atoms. The lowest BCUT2D eigenvalue weighted by molar-refractivity contribution is -0.151. The fourth-order valence-corrected chi connectivity index (χ4v) is 3.20. The third-order valence-corrected chi connectivity index (χ3v) is 4.54. The van der Waals surface area contributed by atoms with Gasteiger partial charge in [0.2, 0.25) is 5.91 Å². The molecular weight excluding hydrogens is 314 g/mol. The van der Waals surface area contributed by atoms with Crippen LogP contribution in [0.3, 0.4) is 0 Å². The van der Waals surface area contributed by atoms with Gasteiger partial charge in [0.15, 0.2) is 11.5 Å². The second-order valence-electron chi connectivity index (χ2n) is 6.24. The summed E-state index contributed by atoms with van der Waals surface area (Å²) >= 11 is 0. The van der Waals surface area contributed by atoms with Gasteiger partial charge in [-0.15, -0.1) is 0 Å². The molecule has 0 bridgehead atoms. The number of benzene rings is 1. The second-order valence-corrected chi connectivity index (χ2v) is 6.24. The average Bonchev–Trinajstić information content (AvgIpc) is 3.01. The Morgan fingerprint density at radius 2 is 2.04 bits per heavy atom. The fraction of sp³-hybridized carbons (Fsp3) is 0.529. The van der Waals surface area contributed by atoms with Crippen LogP contribution in [0.2, 0.25) is 0 Å². The van der Waals surface area contributed by atoms with Gasteiger partial charge in [-0.2, -0.15) is 0 Å². The molecule has 7 heteroatoms. The summed E-state index contributed by atoms with van der Waals surface area (Å²) in [5, 5.41) is 9.47. The van der Waals surface area contributed by atoms with Crippen LogP contribution >= 0.6 is 0 Å². The first-order valence-electron chi connectivity index (χ1n) is 7.93. The van der Waals surface area contributed by atoms with E-state index < -0.39 is 11.4 Å². The van der Waals surface area contributed by atoms with Gasteiger partial charge in [-0.25, -0.2) is 0 Å². The number of methoxy groups -OCH3 is 1. The maximum absolute atomic E-state index is 12.5. The van der Waals surface area contributed by atoms with E-state index in [2.05, 4.69) is 0 Å². The first-order valence-corrected chi connectivity index (χ1v) is 7.93. The lowest BCUT2D eigenvalue weighted by atomic mass is 9.88. The summed E-state index contributed by atoms with van der Waals surface area (Å²) in [4.78, 5) is 25.7. The van der Waals surface area contributed by atoms with E-state index in [-0.39, 0.29) is 25.5 Å². The van der Waals surface area contributed by atoms with Gasteiger partial charge in [-0.05, 0) is 24.1 Å². The monoisotopic (exact) mass is 335 g/mol. The Labute approximate surface area is 140 Å². The molecule has 0 aromatic heterocycles. The molecule has 2 heterocycles. The average molecular weight is 335 g/mol. The molecule has 1 amide bonds. The van der Waals surface area contributed by atoms with Crippen LogP contribution in [0.4, 0.5) is 0 Å². The Balaban J connectivity index is 1.66. The molecule has 1 aromatic carbocycles. The Morgan fingerprint density at radius 3 is 2.75 bits per heavy atom. The van der Waals surface area contributed by atoms with Crippen molar-refractivity contribution in [3.05, 3.63) is 23.8 Å². The zero-order valence-corrected chi connectivity index (χ0v) is 13.6. The van der Waals surface area contributed by atoms with Gasteiger partial charge < -0.3 is 24.2 Å². The van der Waals surface area contributed by atoms with Crippen LogP contribution in [0.5, 0.6) is 11.5 Å². The van der Waals surface area contributed by atoms with Crippen LogP contribution in [0.15, 0.2) is 18.2 Å². The minimum atomic E-state index is -1.00. The summed E-state index contributed by atoms with van der Waals surface area (Å²) < 4.78 is 16.0. The van der Waals surface area contributed by atoms with Crippen LogP contribution in [-0.2, 0) is 20.7 Å². The van der Waals surface area contributed by atoms with E-state index in [1.807, 2.05) is 12.1 Å². The quantitative estimate of drug-likeness (QED) is 0.862. The number of fused-ring (bicyclic) bond motifs is 1. The third kappa shape index (κ3) is 3.17. The number of ether oxygens (including phenoxy) is 3. The maximum Gasteiger partial charge on any atom is 0.313 e. The summed E-state index contributed by atoms with van der Waals surface area (Å²) in [7, 11) is 1.48. The molecule has 130 valence electrons. The minimum Gasteiger partial charge on any atom is -0.486 e. The van der Waals surface area contributed by atoms with E-state index in [0.29, 0.717) is 37.7 Å². The lowest BCUT2D eigenvalue weighted by Gasteiger charge is -2.24. The van der Waals surface area contributed by atoms with E-state index in [1.54, 1.807) is 11.0 Å². The molecule has 1 N–H and O–H groups in total. The van der Waals surface area contributed by atoms with Gasteiger partial charge >= 0.3 is 5.97 Å². The van der Waals surface area contributed by atoms with Crippen molar-refractivity contribution < 1.29 is 28.9 Å². The van der Waals surface area contributed by atoms with E-state index in [4.69, 9.17) is 14.2 Å². The first kappa shape index (κ1) is 16.6. The number of aliphatic carboxylic acids is 1. The number of amides is 1. The van der Waals surface area contributed by atoms with E-state index in [0.717, 1.165) is 5.56 Å². The summed E-state index contributed by atoms with van der Waals surface area (Å²) in [5.41, 5.74) is -0.180. The molecule has 0 radical (unpaired) electrons. The SMILES string of the molecule is COC[C@@]1(C(=O)O)CCN(C(=O)Cc2ccc3c(c2)OCCO3)C1. The number of carbonyl (C=O) groups excluding carboxylic acids is 1. The molecule has 0 unspecified atom stereocenters. The Morgan fingerprint density at radius 1 is 1.29 bits per heavy atom. The summed E-state index contributed by atoms with van der Waals surface area (Å²) in [6.45, 7) is 1.74. The first-order chi connectivity index (χ1) is 11.5. The number of nitrogens with zero attached hydrogens (tertiary/aromatic N) is 1. The molecule has 2 aliphatic heterocycles. The number of hydrogen-bond donors (Lipinski definition) is 1. The summed E-state index contributed by atoms with van der Waals surface area (Å²) in [6, 6.07) is 5.44. The second kappa shape index (κ2) is 6.68. The predicted octanol–water partition coefficient (Wildman–Crippen LogP) is 0.950. The summed E-state index contributed by atoms with van der Waals surface area (Å²) in [6.07, 6.45) is 0.613. The highest BCUT2D eigenvalue weighted by Gasteiger charge is 2.46. The minimum absolute atomic E-state index is 0.0918. The molecule has 1 aromatic rings. The zero-order chi connectivity index (χ0) is 17.2. The van der Waals surface area contributed by atoms with E-state index >= 15 is 0 Å². The van der Waals surface area contributed by atoms with Crippen molar-refractivity contribution in [1.29, 1.82) is 0 Å². The van der Waals surface area contributed by atoms with Gasteiger partial charge in [-0.3, -0.25) is 9.59 Å². The maximum atomic E-state index is 12.5. The smallest absolute Gasteiger partial charge is 0.313 e. The molecule has 2 aliphatic rings. The molecule has 0 saturated carbocycles. The fourth-order valence-electron chi connectivity index (χ4n) is 3.20. The molecule has 1 fully saturated rings. The molecule has 1 saturated heterocycles. The Bertz CT molecular complexity index is 646. The number of carbonyl (C=O) groups is 2. The number of carboxylic acid groups (broad SMARTS) is 1. The Hall–Kier alpha value is -2.28. The van der Waals surface area contributed by atoms with Crippen LogP contribution in [-0.4, -0.2) is 61.9 Å². The molecule has 7 nitrogen and oxygen atoms in total. The molecule has 24 heavy (non-hydrogen) atoms. The number of likely N-dealkylation sites (tertiary alicyclic amines) is 1. The van der Waals surface area contributed by atoms with Crippen LogP contribution in [0.25, 0.3) is 0 Å². The Kier molecular flexibility index (Phi) is 4.62. The van der Waals surface area contributed by atoms with Gasteiger partial charge in [0.05, 0.1) is 13.0 Å². The third-order valence-electron chi connectivity index (χ3n) is 4.54. The van der Waals surface area contributed by atoms with Crippen molar-refractivity contribution in [1.82, 2.24) is 4.90 Å². The zero-order valence-electron chi connectivity index (χ0n) is 13.6. The highest BCUT2D eigenvalue weighted by atomic mass is 16.6. The largest absolute Gasteiger partial charge is 0.486 e. The van der Waals surface area contributed by atoms with Gasteiger partial charge in [0, 0.05) is 20.2 Å². The van der Waals surface area contributed by atoms with Crippen molar-refractivity contribution in [2.45, 2.75) is 12.8 Å². The lowest BCUT2D eigenvalue weighted by Crippen LogP contribution is -2.40. The topological polar surface area (TPSA) is 85.3 Å². The molecule has 3 rings (SSSR count). The van der Waals surface area contributed by atoms with Crippen molar-refractivity contribution >= 4 is 11.9 Å². The van der Waals surface area contributed by atoms with Gasteiger partial charge in [-0.1, -0.05) is 6.07 Å². The summed E-state index contributed by atoms with van der Waals surface area (Å²) in [5.74, 6) is 0.320. The van der Waals surface area contributed by atoms with Crippen molar-refractivity contribution in [3.8, 4) is 11.5 Å². The van der Waals surface area contributed by atoms with Gasteiger partial charge in [0.1, 0.15) is 18.6 Å². The van der Waals surface area contributed by atoms with Gasteiger partial charge in [0.25, 0.3) is 0 Å². The molecule has 1 atom stereocenters. The van der Waals surface area contributed by atoms with Crippen molar-refractivity contribution in [3.63, 3.8) is 0 Å². The van der Waals surface area contributed by atoms with Crippen molar-refractivity contribution in [2.75, 3.05) is 40.0 Å². The predicted molar refractivity (Wildman–Crippen MR) is 84.3 cm³/mol. The van der Waals surface area contributed by atoms with Crippen LogP contribution in [0.1, 0.15) is 12.0 Å². The number of rotatable bonds is 5. The van der Waals surface area contributed by atoms with Crippen molar-refractivity contribution in [2.24, 2.45) is 5.41 Å². The van der Waals surface area contributed by atoms with Crippen LogP contribution < -0.4 is 9.47 Å². The number of hydrogen-bond acceptors (Lipinski definition) is 5. The highest BCUT2D eigenvalue weighted by Crippen LogP contribution is 2.33. The van der Waals surface area contributed by atoms with Crippen LogP contribution in [0, 0.1) is 5.41 Å². The highest BCUT2D eigenvalue weighted by molar-refractivity contribution is 5.82. The molecular formula is C17H21NO6. The normalized spacial score (nSPS) is 22.5. The molecule has 0 aliphatic carbocycles. The van der Waals surface area contributed by atoms with E-state index in [9.17, 15) is 14.7 Å².